The molecule has 1 heterocycles. The number of rotatable bonds is 5. The molecule has 2 N–H and O–H groups in total. The Morgan fingerprint density at radius 2 is 2.00 bits per heavy atom. The zero-order chi connectivity index (χ0) is 17.1. The summed E-state index contributed by atoms with van der Waals surface area (Å²) in [5.41, 5.74) is 2.78. The van der Waals surface area contributed by atoms with E-state index in [4.69, 9.17) is 19.3 Å². The van der Waals surface area contributed by atoms with Crippen LogP contribution in [0.4, 0.5) is 0 Å². The first-order chi connectivity index (χ1) is 11.7. The van der Waals surface area contributed by atoms with Crippen LogP contribution in [0.1, 0.15) is 28.9 Å². The van der Waals surface area contributed by atoms with Crippen LogP contribution in [-0.4, -0.2) is 31.0 Å². The van der Waals surface area contributed by atoms with Crippen molar-refractivity contribution in [3.05, 3.63) is 59.2 Å². The van der Waals surface area contributed by atoms with E-state index in [9.17, 15) is 5.11 Å². The Labute approximate surface area is 140 Å². The molecule has 2 atom stereocenters. The molecular weight excluding hydrogens is 308 g/mol. The molecule has 5 heteroatoms. The molecule has 1 aliphatic heterocycles. The molecule has 126 valence electrons. The Morgan fingerprint density at radius 1 is 1.17 bits per heavy atom. The van der Waals surface area contributed by atoms with Crippen molar-refractivity contribution in [3.63, 3.8) is 0 Å². The van der Waals surface area contributed by atoms with Gasteiger partial charge in [-0.15, -0.1) is 0 Å². The van der Waals surface area contributed by atoms with Crippen LogP contribution in [0.2, 0.25) is 0 Å². The first-order valence-electron chi connectivity index (χ1n) is 7.65. The first kappa shape index (κ1) is 16.4. The second-order valence-corrected chi connectivity index (χ2v) is 5.51. The molecule has 0 unspecified atom stereocenters. The normalized spacial score (nSPS) is 19.3. The van der Waals surface area contributed by atoms with Gasteiger partial charge in [0.1, 0.15) is 11.9 Å². The second-order valence-electron chi connectivity index (χ2n) is 5.51. The standard InChI is InChI=1S/C19H20O5/c1-22-17-11-13(6-7-15(17)21)18-19(23-2)14-10-12(4-3-9-20)5-8-16(14)24-18/h3-8,10-11,18-21H,9H2,1-2H3/t18-,19+/m0/s1. The highest BCUT2D eigenvalue weighted by Crippen LogP contribution is 2.47. The van der Waals surface area contributed by atoms with Crippen LogP contribution in [-0.2, 0) is 4.74 Å². The van der Waals surface area contributed by atoms with E-state index in [2.05, 4.69) is 0 Å². The van der Waals surface area contributed by atoms with Crippen molar-refractivity contribution in [3.8, 4) is 17.2 Å². The van der Waals surface area contributed by atoms with Crippen LogP contribution in [0.5, 0.6) is 17.2 Å². The number of hydrogen-bond donors (Lipinski definition) is 2. The molecule has 0 amide bonds. The lowest BCUT2D eigenvalue weighted by atomic mass is 9.98. The van der Waals surface area contributed by atoms with Gasteiger partial charge in [0.15, 0.2) is 17.6 Å². The monoisotopic (exact) mass is 328 g/mol. The van der Waals surface area contributed by atoms with Gasteiger partial charge in [0, 0.05) is 12.7 Å². The summed E-state index contributed by atoms with van der Waals surface area (Å²) in [5, 5.41) is 18.7. The number of ether oxygens (including phenoxy) is 3. The van der Waals surface area contributed by atoms with E-state index in [-0.39, 0.29) is 24.6 Å². The van der Waals surface area contributed by atoms with Gasteiger partial charge in [-0.05, 0) is 35.4 Å². The van der Waals surface area contributed by atoms with Gasteiger partial charge in [-0.1, -0.05) is 24.3 Å². The van der Waals surface area contributed by atoms with Gasteiger partial charge < -0.3 is 24.4 Å². The van der Waals surface area contributed by atoms with Gasteiger partial charge in [0.05, 0.1) is 13.7 Å². The molecule has 2 aromatic rings. The van der Waals surface area contributed by atoms with E-state index in [1.54, 1.807) is 31.4 Å². The summed E-state index contributed by atoms with van der Waals surface area (Å²) >= 11 is 0. The maximum atomic E-state index is 9.77. The number of methoxy groups -OCH3 is 2. The van der Waals surface area contributed by atoms with Gasteiger partial charge in [-0.2, -0.15) is 0 Å². The predicted molar refractivity (Wildman–Crippen MR) is 90.3 cm³/mol. The van der Waals surface area contributed by atoms with Crippen LogP contribution < -0.4 is 9.47 Å². The number of aliphatic hydroxyl groups excluding tert-OH is 1. The Hall–Kier alpha value is -2.50. The average molecular weight is 328 g/mol. The molecule has 3 rings (SSSR count). The molecule has 0 fully saturated rings. The number of phenols is 1. The van der Waals surface area contributed by atoms with Crippen LogP contribution in [0.15, 0.2) is 42.5 Å². The minimum Gasteiger partial charge on any atom is -0.504 e. The highest BCUT2D eigenvalue weighted by molar-refractivity contribution is 5.56. The molecule has 5 nitrogen and oxygen atoms in total. The van der Waals surface area contributed by atoms with Crippen molar-refractivity contribution in [1.82, 2.24) is 0 Å². The SMILES string of the molecule is COc1cc([C@@H]2Oc3ccc(C=CCO)cc3[C@H]2OC)ccc1O. The van der Waals surface area contributed by atoms with Crippen LogP contribution in [0.3, 0.4) is 0 Å². The zero-order valence-electron chi connectivity index (χ0n) is 13.6. The number of hydrogen-bond acceptors (Lipinski definition) is 5. The summed E-state index contributed by atoms with van der Waals surface area (Å²) in [6.45, 7) is -0.00276. The van der Waals surface area contributed by atoms with E-state index in [0.717, 1.165) is 22.4 Å². The molecular formula is C19H20O5. The molecule has 0 spiro atoms. The maximum absolute atomic E-state index is 9.77. The average Bonchev–Trinajstić information content (AvgIpc) is 2.98. The van der Waals surface area contributed by atoms with Gasteiger partial charge in [0.25, 0.3) is 0 Å². The molecule has 0 radical (unpaired) electrons. The lowest BCUT2D eigenvalue weighted by molar-refractivity contribution is 0.0263. The summed E-state index contributed by atoms with van der Waals surface area (Å²) in [5.74, 6) is 1.25. The second kappa shape index (κ2) is 6.95. The Balaban J connectivity index is 1.95. The third-order valence-corrected chi connectivity index (χ3v) is 4.07. The van der Waals surface area contributed by atoms with E-state index < -0.39 is 0 Å². The molecule has 1 aliphatic rings. The smallest absolute Gasteiger partial charge is 0.160 e. The third kappa shape index (κ3) is 2.96. The Bertz CT molecular complexity index is 753. The molecule has 0 aromatic heterocycles. The highest BCUT2D eigenvalue weighted by Gasteiger charge is 2.36. The molecule has 0 saturated heterocycles. The minimum absolute atomic E-state index is 0.00276. The van der Waals surface area contributed by atoms with Crippen molar-refractivity contribution in [1.29, 1.82) is 0 Å². The van der Waals surface area contributed by atoms with E-state index in [0.29, 0.717) is 5.75 Å². The fourth-order valence-corrected chi connectivity index (χ4v) is 2.92. The number of benzene rings is 2. The summed E-state index contributed by atoms with van der Waals surface area (Å²) < 4.78 is 16.9. The number of fused-ring (bicyclic) bond motifs is 1. The quantitative estimate of drug-likeness (QED) is 0.882. The maximum Gasteiger partial charge on any atom is 0.160 e. The van der Waals surface area contributed by atoms with Crippen molar-refractivity contribution in [2.45, 2.75) is 12.2 Å². The fourth-order valence-electron chi connectivity index (χ4n) is 2.92. The number of phenolic OH excluding ortho intramolecular Hbond substituents is 1. The topological polar surface area (TPSA) is 68.2 Å². The van der Waals surface area contributed by atoms with Crippen molar-refractivity contribution >= 4 is 6.08 Å². The highest BCUT2D eigenvalue weighted by atomic mass is 16.5. The van der Waals surface area contributed by atoms with Crippen LogP contribution >= 0.6 is 0 Å². The van der Waals surface area contributed by atoms with Crippen LogP contribution in [0.25, 0.3) is 6.08 Å². The van der Waals surface area contributed by atoms with Crippen LogP contribution in [0, 0.1) is 0 Å². The largest absolute Gasteiger partial charge is 0.504 e. The van der Waals surface area contributed by atoms with E-state index >= 15 is 0 Å². The molecule has 2 aromatic carbocycles. The number of aromatic hydroxyl groups is 1. The Kier molecular flexibility index (Phi) is 4.74. The lowest BCUT2D eigenvalue weighted by Crippen LogP contribution is -2.11. The minimum atomic E-state index is -0.323. The molecule has 0 saturated carbocycles. The van der Waals surface area contributed by atoms with Crippen molar-refractivity contribution < 1.29 is 24.4 Å². The fraction of sp³-hybridized carbons (Fsp3) is 0.263. The summed E-state index contributed by atoms with van der Waals surface area (Å²) in [6.07, 6.45) is 2.94. The Morgan fingerprint density at radius 3 is 2.71 bits per heavy atom. The van der Waals surface area contributed by atoms with E-state index in [1.807, 2.05) is 24.3 Å². The van der Waals surface area contributed by atoms with Crippen molar-refractivity contribution in [2.24, 2.45) is 0 Å². The van der Waals surface area contributed by atoms with Gasteiger partial charge >= 0.3 is 0 Å². The van der Waals surface area contributed by atoms with Gasteiger partial charge in [0.2, 0.25) is 0 Å². The third-order valence-electron chi connectivity index (χ3n) is 4.07. The van der Waals surface area contributed by atoms with Crippen molar-refractivity contribution in [2.75, 3.05) is 20.8 Å². The molecule has 24 heavy (non-hydrogen) atoms. The first-order valence-corrected chi connectivity index (χ1v) is 7.65. The summed E-state index contributed by atoms with van der Waals surface area (Å²) in [4.78, 5) is 0. The van der Waals surface area contributed by atoms with E-state index in [1.165, 1.54) is 7.11 Å². The lowest BCUT2D eigenvalue weighted by Gasteiger charge is -2.19. The summed E-state index contributed by atoms with van der Waals surface area (Å²) in [6, 6.07) is 11.0. The predicted octanol–water partition coefficient (Wildman–Crippen LogP) is 3.23. The van der Waals surface area contributed by atoms with Gasteiger partial charge in [-0.25, -0.2) is 0 Å². The summed E-state index contributed by atoms with van der Waals surface area (Å²) in [7, 11) is 3.15. The molecule has 0 bridgehead atoms. The van der Waals surface area contributed by atoms with Gasteiger partial charge in [-0.3, -0.25) is 0 Å². The number of aliphatic hydroxyl groups is 1. The zero-order valence-corrected chi connectivity index (χ0v) is 13.6. The molecule has 0 aliphatic carbocycles.